The van der Waals surface area contributed by atoms with E-state index in [0.717, 1.165) is 41.4 Å². The van der Waals surface area contributed by atoms with Crippen LogP contribution in [0.25, 0.3) is 10.9 Å². The van der Waals surface area contributed by atoms with Crippen LogP contribution in [0.5, 0.6) is 0 Å². The molecule has 0 bridgehead atoms. The number of anilines is 1. The van der Waals surface area contributed by atoms with E-state index in [0.29, 0.717) is 28.1 Å². The van der Waals surface area contributed by atoms with Crippen LogP contribution in [0.4, 0.5) is 5.69 Å². The lowest BCUT2D eigenvalue weighted by Gasteiger charge is -2.25. The molecule has 1 aliphatic rings. The molecule has 2 N–H and O–H groups in total. The van der Waals surface area contributed by atoms with Crippen LogP contribution >= 0.6 is 23.8 Å². The van der Waals surface area contributed by atoms with Crippen molar-refractivity contribution in [3.05, 3.63) is 59.2 Å². The third kappa shape index (κ3) is 4.96. The third-order valence-corrected chi connectivity index (χ3v) is 7.72. The standard InChI is InChI=1S/C22H24ClN5O2S2/c1-27-15-16(14-24-26-22(31)25-18-7-5-6-17(23)12-18)20-13-19(8-9-21(20)27)32(29,30)28-10-3-2-4-11-28/h5-9,12-15H,2-4,10-11H2,1H3,(H2,25,26,31)/b24-14-. The largest absolute Gasteiger partial charge is 0.350 e. The van der Waals surface area contributed by atoms with E-state index in [1.165, 1.54) is 0 Å². The fraction of sp³-hybridized carbons (Fsp3) is 0.273. The number of halogens is 1. The summed E-state index contributed by atoms with van der Waals surface area (Å²) in [6.45, 7) is 1.15. The maximum atomic E-state index is 13.1. The summed E-state index contributed by atoms with van der Waals surface area (Å²) in [6, 6.07) is 12.4. The molecule has 3 aromatic rings. The molecule has 0 spiro atoms. The number of aryl methyl sites for hydroxylation is 1. The predicted molar refractivity (Wildman–Crippen MR) is 134 cm³/mol. The van der Waals surface area contributed by atoms with E-state index < -0.39 is 10.0 Å². The highest BCUT2D eigenvalue weighted by atomic mass is 35.5. The van der Waals surface area contributed by atoms with Gasteiger partial charge in [-0.2, -0.15) is 9.41 Å². The van der Waals surface area contributed by atoms with E-state index in [2.05, 4.69) is 15.8 Å². The molecule has 0 amide bonds. The van der Waals surface area contributed by atoms with Gasteiger partial charge in [-0.1, -0.05) is 24.1 Å². The molecular weight excluding hydrogens is 466 g/mol. The first kappa shape index (κ1) is 22.7. The first-order valence-corrected chi connectivity index (χ1v) is 12.5. The molecule has 0 radical (unpaired) electrons. The lowest BCUT2D eigenvalue weighted by atomic mass is 10.2. The SMILES string of the molecule is Cn1cc(/C=N\NC(=S)Nc2cccc(Cl)c2)c2cc(S(=O)(=O)N3CCCCC3)ccc21. The smallest absolute Gasteiger partial charge is 0.243 e. The molecule has 0 aliphatic carbocycles. The Morgan fingerprint density at radius 2 is 1.94 bits per heavy atom. The van der Waals surface area contributed by atoms with Crippen molar-refractivity contribution < 1.29 is 8.42 Å². The van der Waals surface area contributed by atoms with Gasteiger partial charge in [-0.05, 0) is 61.5 Å². The Morgan fingerprint density at radius 3 is 2.69 bits per heavy atom. The molecule has 0 unspecified atom stereocenters. The molecule has 2 aromatic carbocycles. The van der Waals surface area contributed by atoms with Crippen LogP contribution in [0.3, 0.4) is 0 Å². The molecule has 2 heterocycles. The number of benzene rings is 2. The van der Waals surface area contributed by atoms with Gasteiger partial charge in [0.05, 0.1) is 11.1 Å². The van der Waals surface area contributed by atoms with Gasteiger partial charge < -0.3 is 9.88 Å². The average Bonchev–Trinajstić information content (AvgIpc) is 3.09. The first-order chi connectivity index (χ1) is 15.3. The Balaban J connectivity index is 1.53. The monoisotopic (exact) mass is 489 g/mol. The van der Waals surface area contributed by atoms with E-state index in [4.69, 9.17) is 23.8 Å². The van der Waals surface area contributed by atoms with Crippen molar-refractivity contribution in [2.45, 2.75) is 24.2 Å². The maximum Gasteiger partial charge on any atom is 0.243 e. The molecule has 0 saturated carbocycles. The van der Waals surface area contributed by atoms with Crippen molar-refractivity contribution in [2.24, 2.45) is 12.1 Å². The number of fused-ring (bicyclic) bond motifs is 1. The molecule has 4 rings (SSSR count). The van der Waals surface area contributed by atoms with Gasteiger partial charge in [0.2, 0.25) is 10.0 Å². The number of nitrogens with zero attached hydrogens (tertiary/aromatic N) is 3. The first-order valence-electron chi connectivity index (χ1n) is 10.3. The molecule has 1 aromatic heterocycles. The van der Waals surface area contributed by atoms with Crippen molar-refractivity contribution >= 4 is 61.8 Å². The highest BCUT2D eigenvalue weighted by Gasteiger charge is 2.26. The molecule has 0 atom stereocenters. The summed E-state index contributed by atoms with van der Waals surface area (Å²) in [7, 11) is -1.60. The Labute approximate surface area is 198 Å². The number of nitrogens with one attached hydrogen (secondary N) is 2. The molecule has 7 nitrogen and oxygen atoms in total. The normalized spacial score (nSPS) is 15.3. The van der Waals surface area contributed by atoms with E-state index in [1.807, 2.05) is 36.0 Å². The average molecular weight is 490 g/mol. The number of aromatic nitrogens is 1. The maximum absolute atomic E-state index is 13.1. The van der Waals surface area contributed by atoms with Crippen molar-refractivity contribution in [1.82, 2.24) is 14.3 Å². The third-order valence-electron chi connectivity index (χ3n) is 5.40. The predicted octanol–water partition coefficient (Wildman–Crippen LogP) is 4.33. The highest BCUT2D eigenvalue weighted by Crippen LogP contribution is 2.26. The number of thiocarbonyl (C=S) groups is 1. The number of hydrogen-bond donors (Lipinski definition) is 2. The molecule has 1 aliphatic heterocycles. The Kier molecular flexibility index (Phi) is 6.80. The fourth-order valence-electron chi connectivity index (χ4n) is 3.81. The van der Waals surface area contributed by atoms with Crippen LogP contribution in [0.15, 0.2) is 58.7 Å². The molecule has 1 fully saturated rings. The molecular formula is C22H24ClN5O2S2. The van der Waals surface area contributed by atoms with Crippen LogP contribution in [0, 0.1) is 0 Å². The number of hydrogen-bond acceptors (Lipinski definition) is 4. The van der Waals surface area contributed by atoms with E-state index in [9.17, 15) is 8.42 Å². The number of hydrazone groups is 1. The van der Waals surface area contributed by atoms with E-state index in [-0.39, 0.29) is 0 Å². The summed E-state index contributed by atoms with van der Waals surface area (Å²) >= 11 is 11.3. The summed E-state index contributed by atoms with van der Waals surface area (Å²) in [6.07, 6.45) is 6.41. The van der Waals surface area contributed by atoms with Crippen molar-refractivity contribution in [3.63, 3.8) is 0 Å². The van der Waals surface area contributed by atoms with Gasteiger partial charge >= 0.3 is 0 Å². The lowest BCUT2D eigenvalue weighted by Crippen LogP contribution is -2.35. The van der Waals surface area contributed by atoms with Gasteiger partial charge in [-0.3, -0.25) is 5.43 Å². The van der Waals surface area contributed by atoms with Gasteiger partial charge in [0, 0.05) is 53.5 Å². The fourth-order valence-corrected chi connectivity index (χ4v) is 5.71. The minimum Gasteiger partial charge on any atom is -0.350 e. The van der Waals surface area contributed by atoms with Crippen LogP contribution in [-0.4, -0.2) is 41.7 Å². The quantitative estimate of drug-likeness (QED) is 0.317. The van der Waals surface area contributed by atoms with Crippen molar-refractivity contribution in [1.29, 1.82) is 0 Å². The zero-order valence-corrected chi connectivity index (χ0v) is 20.0. The molecule has 168 valence electrons. The zero-order chi connectivity index (χ0) is 22.7. The Morgan fingerprint density at radius 1 is 1.16 bits per heavy atom. The van der Waals surface area contributed by atoms with Crippen molar-refractivity contribution in [2.75, 3.05) is 18.4 Å². The van der Waals surface area contributed by atoms with Gasteiger partial charge in [0.1, 0.15) is 0 Å². The van der Waals surface area contributed by atoms with Gasteiger partial charge in [0.25, 0.3) is 0 Å². The second kappa shape index (κ2) is 9.58. The highest BCUT2D eigenvalue weighted by molar-refractivity contribution is 7.89. The summed E-state index contributed by atoms with van der Waals surface area (Å²) in [5, 5.41) is 8.96. The second-order valence-corrected chi connectivity index (χ2v) is 10.5. The van der Waals surface area contributed by atoms with Crippen molar-refractivity contribution in [3.8, 4) is 0 Å². The van der Waals surface area contributed by atoms with Gasteiger partial charge in [-0.25, -0.2) is 8.42 Å². The minimum atomic E-state index is -3.51. The van der Waals surface area contributed by atoms with Gasteiger partial charge in [0.15, 0.2) is 5.11 Å². The Hall–Kier alpha value is -2.46. The summed E-state index contributed by atoms with van der Waals surface area (Å²) in [4.78, 5) is 0.304. The van der Waals surface area contributed by atoms with Crippen LogP contribution in [-0.2, 0) is 17.1 Å². The lowest BCUT2D eigenvalue weighted by molar-refractivity contribution is 0.346. The number of piperidine rings is 1. The zero-order valence-electron chi connectivity index (χ0n) is 17.6. The summed E-state index contributed by atoms with van der Waals surface area (Å²) in [5.74, 6) is 0. The topological polar surface area (TPSA) is 78.7 Å². The summed E-state index contributed by atoms with van der Waals surface area (Å²) in [5.41, 5.74) is 5.24. The van der Waals surface area contributed by atoms with Crippen LogP contribution in [0.2, 0.25) is 5.02 Å². The van der Waals surface area contributed by atoms with Crippen LogP contribution < -0.4 is 10.7 Å². The molecule has 32 heavy (non-hydrogen) atoms. The van der Waals surface area contributed by atoms with E-state index in [1.54, 1.807) is 34.8 Å². The van der Waals surface area contributed by atoms with Crippen LogP contribution in [0.1, 0.15) is 24.8 Å². The number of rotatable bonds is 5. The minimum absolute atomic E-state index is 0.304. The summed E-state index contributed by atoms with van der Waals surface area (Å²) < 4.78 is 29.7. The number of sulfonamides is 1. The second-order valence-electron chi connectivity index (χ2n) is 7.67. The van der Waals surface area contributed by atoms with Gasteiger partial charge in [-0.15, -0.1) is 0 Å². The molecule has 10 heteroatoms. The molecule has 1 saturated heterocycles. The van der Waals surface area contributed by atoms with E-state index >= 15 is 0 Å². The Bertz CT molecular complexity index is 1280.